The number of benzene rings is 1. The summed E-state index contributed by atoms with van der Waals surface area (Å²) in [6.45, 7) is 1.30. The number of amides is 2. The highest BCUT2D eigenvalue weighted by Gasteiger charge is 2.18. The second-order valence-electron chi connectivity index (χ2n) is 6.06. The van der Waals surface area contributed by atoms with E-state index < -0.39 is 23.4 Å². The van der Waals surface area contributed by atoms with Crippen LogP contribution in [0.1, 0.15) is 12.5 Å². The van der Waals surface area contributed by atoms with Gasteiger partial charge >= 0.3 is 0 Å². The van der Waals surface area contributed by atoms with E-state index in [1.165, 1.54) is 43.6 Å². The van der Waals surface area contributed by atoms with Gasteiger partial charge in [0.1, 0.15) is 17.5 Å². The van der Waals surface area contributed by atoms with E-state index in [0.29, 0.717) is 11.3 Å². The first-order valence-corrected chi connectivity index (χ1v) is 8.83. The quantitative estimate of drug-likeness (QED) is 0.673. The summed E-state index contributed by atoms with van der Waals surface area (Å²) in [5.41, 5.74) is 0.887. The van der Waals surface area contributed by atoms with E-state index in [2.05, 4.69) is 15.3 Å². The monoisotopic (exact) mass is 416 g/mol. The Morgan fingerprint density at radius 1 is 1.17 bits per heavy atom. The Morgan fingerprint density at radius 3 is 2.69 bits per heavy atom. The van der Waals surface area contributed by atoms with Gasteiger partial charge < -0.3 is 5.32 Å². The van der Waals surface area contributed by atoms with Crippen LogP contribution >= 0.6 is 11.6 Å². The minimum Gasteiger partial charge on any atom is -0.326 e. The first-order valence-electron chi connectivity index (χ1n) is 8.45. The molecule has 0 radical (unpaired) electrons. The molecule has 2 aromatic heterocycles. The molecule has 148 valence electrons. The molecule has 0 unspecified atom stereocenters. The topological polar surface area (TPSA) is 75.2 Å². The van der Waals surface area contributed by atoms with Gasteiger partial charge in [0.05, 0.1) is 29.5 Å². The molecule has 6 nitrogen and oxygen atoms in total. The maximum Gasteiger partial charge on any atom is 0.229 e. The lowest BCUT2D eigenvalue weighted by Gasteiger charge is -2.20. The van der Waals surface area contributed by atoms with Gasteiger partial charge in [-0.1, -0.05) is 23.7 Å². The summed E-state index contributed by atoms with van der Waals surface area (Å²) in [4.78, 5) is 33.4. The molecule has 3 rings (SSSR count). The fraction of sp³-hybridized carbons (Fsp3) is 0.100. The summed E-state index contributed by atoms with van der Waals surface area (Å²) >= 11 is 5.88. The molecule has 0 aliphatic rings. The summed E-state index contributed by atoms with van der Waals surface area (Å²) < 4.78 is 27.0. The van der Waals surface area contributed by atoms with Gasteiger partial charge in [-0.2, -0.15) is 0 Å². The van der Waals surface area contributed by atoms with Crippen molar-refractivity contribution in [2.45, 2.75) is 13.3 Å². The van der Waals surface area contributed by atoms with E-state index in [1.54, 1.807) is 6.07 Å². The highest BCUT2D eigenvalue weighted by atomic mass is 35.5. The third-order valence-corrected chi connectivity index (χ3v) is 4.33. The summed E-state index contributed by atoms with van der Waals surface area (Å²) in [5.74, 6) is -1.89. The molecule has 1 aromatic carbocycles. The van der Waals surface area contributed by atoms with Gasteiger partial charge in [0.15, 0.2) is 0 Å². The molecule has 3 aromatic rings. The SMILES string of the molecule is CC(=O)N(c1cncc(F)c1)c1cc(NC(=O)Cc2cccc(F)c2Cl)ccn1. The van der Waals surface area contributed by atoms with Crippen LogP contribution in [0.4, 0.5) is 26.0 Å². The lowest BCUT2D eigenvalue weighted by molar-refractivity contribution is -0.116. The van der Waals surface area contributed by atoms with Crippen molar-refractivity contribution >= 4 is 40.6 Å². The minimum absolute atomic E-state index is 0.112. The Labute approximate surface area is 170 Å². The van der Waals surface area contributed by atoms with Gasteiger partial charge in [-0.05, 0) is 17.7 Å². The summed E-state index contributed by atoms with van der Waals surface area (Å²) in [5, 5.41) is 2.53. The first kappa shape index (κ1) is 20.3. The molecule has 0 spiro atoms. The Kier molecular flexibility index (Phi) is 6.13. The number of aromatic nitrogens is 2. The van der Waals surface area contributed by atoms with Gasteiger partial charge in [-0.25, -0.2) is 13.8 Å². The van der Waals surface area contributed by atoms with Crippen LogP contribution in [-0.4, -0.2) is 21.8 Å². The van der Waals surface area contributed by atoms with Crippen molar-refractivity contribution in [3.8, 4) is 0 Å². The van der Waals surface area contributed by atoms with Crippen molar-refractivity contribution in [2.75, 3.05) is 10.2 Å². The maximum atomic E-state index is 13.5. The predicted molar refractivity (Wildman–Crippen MR) is 105 cm³/mol. The molecule has 0 saturated carbocycles. The average molecular weight is 417 g/mol. The van der Waals surface area contributed by atoms with Gasteiger partial charge in [0.25, 0.3) is 0 Å². The molecule has 0 saturated heterocycles. The zero-order valence-corrected chi connectivity index (χ0v) is 16.0. The van der Waals surface area contributed by atoms with E-state index in [9.17, 15) is 18.4 Å². The smallest absolute Gasteiger partial charge is 0.229 e. The van der Waals surface area contributed by atoms with Gasteiger partial charge in [0, 0.05) is 30.9 Å². The molecular formula is C20H15ClF2N4O2. The van der Waals surface area contributed by atoms with Crippen molar-refractivity contribution in [1.29, 1.82) is 0 Å². The van der Waals surface area contributed by atoms with E-state index in [1.807, 2.05) is 0 Å². The second-order valence-corrected chi connectivity index (χ2v) is 6.43. The molecule has 2 heterocycles. The zero-order chi connectivity index (χ0) is 21.0. The Bertz CT molecular complexity index is 1080. The van der Waals surface area contributed by atoms with E-state index >= 15 is 0 Å². The Morgan fingerprint density at radius 2 is 1.97 bits per heavy atom. The molecule has 29 heavy (non-hydrogen) atoms. The molecule has 0 bridgehead atoms. The molecule has 0 atom stereocenters. The van der Waals surface area contributed by atoms with E-state index in [-0.39, 0.29) is 22.9 Å². The molecule has 1 N–H and O–H groups in total. The van der Waals surface area contributed by atoms with Crippen LogP contribution in [0.5, 0.6) is 0 Å². The number of nitrogens with zero attached hydrogens (tertiary/aromatic N) is 3. The molecular weight excluding hydrogens is 402 g/mol. The summed E-state index contributed by atoms with van der Waals surface area (Å²) in [7, 11) is 0. The number of halogens is 3. The first-order chi connectivity index (χ1) is 13.8. The Balaban J connectivity index is 1.82. The fourth-order valence-corrected chi connectivity index (χ4v) is 2.87. The number of carbonyl (C=O) groups excluding carboxylic acids is 2. The second kappa shape index (κ2) is 8.74. The van der Waals surface area contributed by atoms with Crippen LogP contribution in [0.25, 0.3) is 0 Å². The highest BCUT2D eigenvalue weighted by Crippen LogP contribution is 2.26. The minimum atomic E-state index is -0.607. The van der Waals surface area contributed by atoms with Crippen molar-refractivity contribution in [3.63, 3.8) is 0 Å². The van der Waals surface area contributed by atoms with Crippen molar-refractivity contribution in [1.82, 2.24) is 9.97 Å². The molecule has 9 heteroatoms. The third-order valence-electron chi connectivity index (χ3n) is 3.90. The average Bonchev–Trinajstić information content (AvgIpc) is 2.66. The summed E-state index contributed by atoms with van der Waals surface area (Å²) in [6, 6.07) is 8.35. The number of hydrogen-bond donors (Lipinski definition) is 1. The third kappa shape index (κ3) is 4.91. The van der Waals surface area contributed by atoms with Crippen LogP contribution < -0.4 is 10.2 Å². The van der Waals surface area contributed by atoms with Crippen LogP contribution in [0.15, 0.2) is 55.0 Å². The van der Waals surface area contributed by atoms with Gasteiger partial charge in [-0.3, -0.25) is 19.5 Å². The number of pyridine rings is 2. The number of rotatable bonds is 5. The Hall–Kier alpha value is -3.39. The van der Waals surface area contributed by atoms with E-state index in [0.717, 1.165) is 17.2 Å². The zero-order valence-electron chi connectivity index (χ0n) is 15.2. The molecule has 0 aliphatic carbocycles. The maximum absolute atomic E-state index is 13.5. The standard InChI is InChI=1S/C20H15ClF2N4O2/c1-12(28)27(16-8-14(22)10-24-11-16)18-9-15(5-6-25-18)26-19(29)7-13-3-2-4-17(23)20(13)21/h2-6,8-11H,7H2,1H3,(H,25,26,29). The summed E-state index contributed by atoms with van der Waals surface area (Å²) in [6.07, 6.45) is 3.59. The largest absolute Gasteiger partial charge is 0.326 e. The van der Waals surface area contributed by atoms with Gasteiger partial charge in [0.2, 0.25) is 11.8 Å². The fourth-order valence-electron chi connectivity index (χ4n) is 2.68. The van der Waals surface area contributed by atoms with Crippen molar-refractivity contribution in [2.24, 2.45) is 0 Å². The number of carbonyl (C=O) groups is 2. The van der Waals surface area contributed by atoms with Crippen LogP contribution in [-0.2, 0) is 16.0 Å². The lowest BCUT2D eigenvalue weighted by atomic mass is 10.1. The van der Waals surface area contributed by atoms with Crippen LogP contribution in [0.2, 0.25) is 5.02 Å². The van der Waals surface area contributed by atoms with E-state index in [4.69, 9.17) is 11.6 Å². The van der Waals surface area contributed by atoms with Crippen LogP contribution in [0.3, 0.4) is 0 Å². The number of nitrogens with one attached hydrogen (secondary N) is 1. The molecule has 2 amide bonds. The van der Waals surface area contributed by atoms with Gasteiger partial charge in [-0.15, -0.1) is 0 Å². The van der Waals surface area contributed by atoms with Crippen molar-refractivity contribution < 1.29 is 18.4 Å². The molecule has 0 aliphatic heterocycles. The predicted octanol–water partition coefficient (Wildman–Crippen LogP) is 4.27. The van der Waals surface area contributed by atoms with Crippen LogP contribution in [0, 0.1) is 11.6 Å². The number of hydrogen-bond acceptors (Lipinski definition) is 4. The highest BCUT2D eigenvalue weighted by molar-refractivity contribution is 6.31. The normalized spacial score (nSPS) is 10.5. The lowest BCUT2D eigenvalue weighted by Crippen LogP contribution is -2.24. The molecule has 0 fully saturated rings. The van der Waals surface area contributed by atoms with Crippen molar-refractivity contribution in [3.05, 3.63) is 77.2 Å². The number of anilines is 3.